The van der Waals surface area contributed by atoms with E-state index in [9.17, 15) is 4.79 Å². The van der Waals surface area contributed by atoms with E-state index in [0.717, 1.165) is 46.9 Å². The number of hydrogen-bond acceptors (Lipinski definition) is 4. The van der Waals surface area contributed by atoms with Crippen LogP contribution in [0.4, 0.5) is 0 Å². The van der Waals surface area contributed by atoms with Gasteiger partial charge in [0, 0.05) is 30.0 Å². The van der Waals surface area contributed by atoms with Gasteiger partial charge in [0.15, 0.2) is 5.65 Å². The number of pyridine rings is 1. The number of rotatable bonds is 6. The summed E-state index contributed by atoms with van der Waals surface area (Å²) in [4.78, 5) is 15.0. The van der Waals surface area contributed by atoms with E-state index >= 15 is 0 Å². The molecule has 0 bridgehead atoms. The summed E-state index contributed by atoms with van der Waals surface area (Å²) in [7, 11) is 0. The molecule has 0 aliphatic heterocycles. The molecule has 1 aliphatic rings. The third-order valence-electron chi connectivity index (χ3n) is 5.89. The van der Waals surface area contributed by atoms with Crippen LogP contribution in [-0.4, -0.2) is 37.4 Å². The summed E-state index contributed by atoms with van der Waals surface area (Å²) in [5.41, 5.74) is 6.32. The van der Waals surface area contributed by atoms with Crippen molar-refractivity contribution in [1.29, 1.82) is 0 Å². The number of benzene rings is 2. The van der Waals surface area contributed by atoms with Crippen LogP contribution in [-0.2, 0) is 17.8 Å². The predicted octanol–water partition coefficient (Wildman–Crippen LogP) is 3.88. The van der Waals surface area contributed by atoms with Gasteiger partial charge in [-0.1, -0.05) is 42.0 Å². The van der Waals surface area contributed by atoms with E-state index in [-0.39, 0.29) is 11.8 Å². The van der Waals surface area contributed by atoms with Gasteiger partial charge in [-0.25, -0.2) is 0 Å². The monoisotopic (exact) mass is 399 g/mol. The average Bonchev–Trinajstić information content (AvgIpc) is 3.47. The van der Waals surface area contributed by atoms with Gasteiger partial charge in [0.1, 0.15) is 0 Å². The first-order valence-corrected chi connectivity index (χ1v) is 10.5. The highest BCUT2D eigenvalue weighted by Gasteiger charge is 2.33. The Morgan fingerprint density at radius 2 is 1.93 bits per heavy atom. The van der Waals surface area contributed by atoms with E-state index in [1.165, 1.54) is 11.1 Å². The van der Waals surface area contributed by atoms with Crippen molar-refractivity contribution in [3.05, 3.63) is 70.8 Å². The molecule has 6 heteroatoms. The van der Waals surface area contributed by atoms with E-state index in [1.807, 2.05) is 27.6 Å². The van der Waals surface area contributed by atoms with Crippen LogP contribution >= 0.6 is 0 Å². The largest absolute Gasteiger partial charge is 0.338 e. The van der Waals surface area contributed by atoms with Crippen molar-refractivity contribution >= 4 is 22.5 Å². The van der Waals surface area contributed by atoms with Crippen LogP contribution in [0.5, 0.6) is 0 Å². The zero-order valence-electron chi connectivity index (χ0n) is 17.4. The quantitative estimate of drug-likeness (QED) is 0.494. The molecule has 4 aromatic rings. The molecule has 5 rings (SSSR count). The summed E-state index contributed by atoms with van der Waals surface area (Å²) < 4.78 is 1.82. The fourth-order valence-electron chi connectivity index (χ4n) is 4.27. The molecule has 0 atom stereocenters. The van der Waals surface area contributed by atoms with Crippen LogP contribution in [0.2, 0.25) is 0 Å². The van der Waals surface area contributed by atoms with Gasteiger partial charge in [-0.2, -0.15) is 4.52 Å². The van der Waals surface area contributed by atoms with E-state index in [1.54, 1.807) is 0 Å². The third kappa shape index (κ3) is 3.54. The van der Waals surface area contributed by atoms with Gasteiger partial charge in [-0.05, 0) is 66.8 Å². The SMILES string of the molecule is Cc1cc(C)c2c(c1)cc(CN(CCc1ccccc1)C(=O)C1CC1)c1nnnn12. The predicted molar refractivity (Wildman–Crippen MR) is 116 cm³/mol. The molecule has 1 aliphatic carbocycles. The summed E-state index contributed by atoms with van der Waals surface area (Å²) >= 11 is 0. The Bertz CT molecular complexity index is 1230. The Morgan fingerprint density at radius 3 is 2.70 bits per heavy atom. The molecule has 0 unspecified atom stereocenters. The van der Waals surface area contributed by atoms with Crippen LogP contribution in [0.25, 0.3) is 16.6 Å². The van der Waals surface area contributed by atoms with Crippen molar-refractivity contribution in [3.8, 4) is 0 Å². The van der Waals surface area contributed by atoms with Crippen LogP contribution in [0.1, 0.15) is 35.1 Å². The van der Waals surface area contributed by atoms with Crippen LogP contribution < -0.4 is 0 Å². The highest BCUT2D eigenvalue weighted by Crippen LogP contribution is 2.32. The van der Waals surface area contributed by atoms with Crippen molar-refractivity contribution in [3.63, 3.8) is 0 Å². The molecule has 0 spiro atoms. The highest BCUT2D eigenvalue weighted by atomic mass is 16.2. The Labute approximate surface area is 175 Å². The summed E-state index contributed by atoms with van der Waals surface area (Å²) in [6, 6.07) is 16.8. The molecule has 0 radical (unpaired) electrons. The minimum atomic E-state index is 0.178. The first-order chi connectivity index (χ1) is 14.6. The van der Waals surface area contributed by atoms with Gasteiger partial charge in [-0.3, -0.25) is 4.79 Å². The van der Waals surface area contributed by atoms with Gasteiger partial charge >= 0.3 is 0 Å². The minimum absolute atomic E-state index is 0.178. The molecular weight excluding hydrogens is 374 g/mol. The van der Waals surface area contributed by atoms with E-state index < -0.39 is 0 Å². The number of aryl methyl sites for hydroxylation is 2. The number of amides is 1. The molecule has 2 aromatic heterocycles. The fourth-order valence-corrected chi connectivity index (χ4v) is 4.27. The maximum Gasteiger partial charge on any atom is 0.225 e. The first-order valence-electron chi connectivity index (χ1n) is 10.5. The lowest BCUT2D eigenvalue weighted by Crippen LogP contribution is -2.33. The molecule has 0 N–H and O–H groups in total. The smallest absolute Gasteiger partial charge is 0.225 e. The van der Waals surface area contributed by atoms with Crippen molar-refractivity contribution in [1.82, 2.24) is 24.9 Å². The average molecular weight is 399 g/mol. The fraction of sp³-hybridized carbons (Fsp3) is 0.333. The van der Waals surface area contributed by atoms with Gasteiger partial charge in [0.05, 0.1) is 5.52 Å². The number of hydrogen-bond donors (Lipinski definition) is 0. The molecule has 30 heavy (non-hydrogen) atoms. The second-order valence-corrected chi connectivity index (χ2v) is 8.37. The number of carbonyl (C=O) groups excluding carboxylic acids is 1. The molecule has 6 nitrogen and oxygen atoms in total. The van der Waals surface area contributed by atoms with Crippen LogP contribution in [0.3, 0.4) is 0 Å². The van der Waals surface area contributed by atoms with Gasteiger partial charge in [0.2, 0.25) is 5.91 Å². The molecular formula is C24H25N5O. The Hall–Kier alpha value is -3.28. The van der Waals surface area contributed by atoms with Crippen molar-refractivity contribution in [2.45, 2.75) is 39.7 Å². The molecule has 2 aromatic carbocycles. The Kier molecular flexibility index (Phi) is 4.69. The van der Waals surface area contributed by atoms with E-state index in [0.29, 0.717) is 13.1 Å². The topological polar surface area (TPSA) is 63.4 Å². The Morgan fingerprint density at radius 1 is 1.13 bits per heavy atom. The van der Waals surface area contributed by atoms with Gasteiger partial charge < -0.3 is 4.90 Å². The molecule has 0 saturated heterocycles. The lowest BCUT2D eigenvalue weighted by atomic mass is 10.0. The molecule has 152 valence electrons. The maximum absolute atomic E-state index is 13.0. The molecule has 2 heterocycles. The minimum Gasteiger partial charge on any atom is -0.338 e. The summed E-state index contributed by atoms with van der Waals surface area (Å²) in [6.07, 6.45) is 2.84. The third-order valence-corrected chi connectivity index (χ3v) is 5.89. The second-order valence-electron chi connectivity index (χ2n) is 8.37. The number of nitrogens with zero attached hydrogens (tertiary/aromatic N) is 5. The van der Waals surface area contributed by atoms with Crippen LogP contribution in [0, 0.1) is 19.8 Å². The second kappa shape index (κ2) is 7.52. The first kappa shape index (κ1) is 18.7. The van der Waals surface area contributed by atoms with Crippen molar-refractivity contribution in [2.75, 3.05) is 6.54 Å². The van der Waals surface area contributed by atoms with E-state index in [2.05, 4.69) is 59.7 Å². The van der Waals surface area contributed by atoms with Crippen LogP contribution in [0.15, 0.2) is 48.5 Å². The Balaban J connectivity index is 1.51. The summed E-state index contributed by atoms with van der Waals surface area (Å²) in [5.74, 6) is 0.426. The number of fused-ring (bicyclic) bond motifs is 3. The van der Waals surface area contributed by atoms with Gasteiger partial charge in [-0.15, -0.1) is 5.10 Å². The lowest BCUT2D eigenvalue weighted by molar-refractivity contribution is -0.133. The zero-order valence-corrected chi connectivity index (χ0v) is 17.4. The molecule has 1 fully saturated rings. The van der Waals surface area contributed by atoms with Crippen molar-refractivity contribution in [2.24, 2.45) is 5.92 Å². The van der Waals surface area contributed by atoms with Crippen molar-refractivity contribution < 1.29 is 4.79 Å². The molecule has 1 amide bonds. The summed E-state index contributed by atoms with van der Waals surface area (Å²) in [5, 5.41) is 13.6. The molecule has 1 saturated carbocycles. The lowest BCUT2D eigenvalue weighted by Gasteiger charge is -2.23. The summed E-state index contributed by atoms with van der Waals surface area (Å²) in [6.45, 7) is 5.39. The normalized spacial score (nSPS) is 13.8. The zero-order chi connectivity index (χ0) is 20.7. The highest BCUT2D eigenvalue weighted by molar-refractivity contribution is 5.87. The number of carbonyl (C=O) groups is 1. The standard InChI is InChI=1S/C24H25N5O/c1-16-12-17(2)22-20(13-16)14-21(23-25-26-27-29(22)23)15-28(24(30)19-8-9-19)11-10-18-6-4-3-5-7-18/h3-7,12-14,19H,8-11,15H2,1-2H3. The number of tetrazole rings is 1. The van der Waals surface area contributed by atoms with Gasteiger partial charge in [0.25, 0.3) is 0 Å². The maximum atomic E-state index is 13.0. The van der Waals surface area contributed by atoms with E-state index in [4.69, 9.17) is 0 Å². The number of aromatic nitrogens is 4.